The molecule has 0 bridgehead atoms. The zero-order chi connectivity index (χ0) is 41.2. The van der Waals surface area contributed by atoms with Crippen molar-refractivity contribution in [1.82, 2.24) is 9.97 Å². The molecule has 0 N–H and O–H groups in total. The Balaban J connectivity index is 1.04. The van der Waals surface area contributed by atoms with Gasteiger partial charge in [-0.05, 0) is 102 Å². The van der Waals surface area contributed by atoms with E-state index >= 15 is 0 Å². The zero-order valence-electron chi connectivity index (χ0n) is 33.8. The lowest BCUT2D eigenvalue weighted by Crippen LogP contribution is -1.93. The molecular formula is C60H38N2. The van der Waals surface area contributed by atoms with Gasteiger partial charge >= 0.3 is 0 Å². The zero-order valence-corrected chi connectivity index (χ0v) is 33.8. The van der Waals surface area contributed by atoms with E-state index in [0.717, 1.165) is 78.4 Å². The van der Waals surface area contributed by atoms with Gasteiger partial charge < -0.3 is 0 Å². The minimum atomic E-state index is 0.868. The molecule has 0 saturated carbocycles. The van der Waals surface area contributed by atoms with Crippen molar-refractivity contribution in [2.24, 2.45) is 0 Å². The fourth-order valence-corrected chi connectivity index (χ4v) is 8.71. The van der Waals surface area contributed by atoms with Gasteiger partial charge in [-0.2, -0.15) is 0 Å². The van der Waals surface area contributed by atoms with Crippen LogP contribution in [0.3, 0.4) is 0 Å². The van der Waals surface area contributed by atoms with Crippen LogP contribution in [0.25, 0.3) is 111 Å². The third-order valence-corrected chi connectivity index (χ3v) is 11.7. The van der Waals surface area contributed by atoms with E-state index in [4.69, 9.17) is 9.97 Å². The average molecular weight is 787 g/mol. The van der Waals surface area contributed by atoms with E-state index in [9.17, 15) is 0 Å². The van der Waals surface area contributed by atoms with E-state index < -0.39 is 0 Å². The van der Waals surface area contributed by atoms with Crippen molar-refractivity contribution in [3.8, 4) is 89.5 Å². The number of hydrogen-bond donors (Lipinski definition) is 0. The molecule has 0 amide bonds. The molecule has 0 spiro atoms. The van der Waals surface area contributed by atoms with Crippen molar-refractivity contribution in [2.75, 3.05) is 0 Å². The maximum atomic E-state index is 5.13. The van der Waals surface area contributed by atoms with E-state index in [1.54, 1.807) is 0 Å². The summed E-state index contributed by atoms with van der Waals surface area (Å²) in [4.78, 5) is 10.2. The second kappa shape index (κ2) is 16.0. The Morgan fingerprint density at radius 1 is 0.258 bits per heavy atom. The summed E-state index contributed by atoms with van der Waals surface area (Å²) in [6, 6.07) is 88.1. The number of rotatable bonds is 8. The predicted octanol–water partition coefficient (Wildman–Crippen LogP) is 15.7. The Morgan fingerprint density at radius 2 is 0.613 bits per heavy atom. The van der Waals surface area contributed by atoms with E-state index in [1.165, 1.54) is 32.7 Å². The first-order valence-electron chi connectivity index (χ1n) is 21.0. The highest BCUT2D eigenvalue weighted by molar-refractivity contribution is 6.21. The van der Waals surface area contributed by atoms with Gasteiger partial charge in [0.2, 0.25) is 0 Å². The first kappa shape index (κ1) is 36.7. The van der Waals surface area contributed by atoms with Crippen LogP contribution >= 0.6 is 0 Å². The van der Waals surface area contributed by atoms with Crippen LogP contribution in [0.1, 0.15) is 0 Å². The molecule has 2 aromatic heterocycles. The van der Waals surface area contributed by atoms with Gasteiger partial charge in [-0.15, -0.1) is 0 Å². The van der Waals surface area contributed by atoms with Crippen LogP contribution in [0.2, 0.25) is 0 Å². The summed E-state index contributed by atoms with van der Waals surface area (Å²) in [7, 11) is 0. The van der Waals surface area contributed by atoms with Crippen LogP contribution in [-0.2, 0) is 0 Å². The average Bonchev–Trinajstić information content (AvgIpc) is 3.37. The van der Waals surface area contributed by atoms with Crippen LogP contribution in [-0.4, -0.2) is 9.97 Å². The molecule has 11 aromatic rings. The number of benzene rings is 8. The number of hydrogen-bond acceptors (Lipinski definition) is 2. The predicted molar refractivity (Wildman–Crippen MR) is 258 cm³/mol. The van der Waals surface area contributed by atoms with Gasteiger partial charge in [0.15, 0.2) is 0 Å². The first-order valence-corrected chi connectivity index (χ1v) is 21.0. The SMILES string of the molecule is c1cccc(-c2cc(-c3ccc(-c4c(-c5ccc(-c6cc(-c7ccccc7)nc(-c7ccccc7)c6)cc5)c5ccccc5c5ccccc45)cc3)cc(-c3ccccc3)n2)c#1. The molecule has 0 aliphatic rings. The fourth-order valence-electron chi connectivity index (χ4n) is 8.71. The molecule has 288 valence electrons. The van der Waals surface area contributed by atoms with Gasteiger partial charge in [-0.3, -0.25) is 0 Å². The summed E-state index contributed by atoms with van der Waals surface area (Å²) in [5, 5.41) is 4.93. The van der Waals surface area contributed by atoms with Gasteiger partial charge in [-0.25, -0.2) is 9.97 Å². The molecule has 0 fully saturated rings. The molecule has 2 heteroatoms. The molecule has 0 atom stereocenters. The minimum absolute atomic E-state index is 0.868. The normalized spacial score (nSPS) is 11.1. The van der Waals surface area contributed by atoms with Crippen LogP contribution in [0.4, 0.5) is 0 Å². The smallest absolute Gasteiger partial charge is 0.0799 e. The molecule has 0 aliphatic heterocycles. The molecule has 11 rings (SSSR count). The third kappa shape index (κ3) is 6.98. The molecule has 2 heterocycles. The molecular weight excluding hydrogens is 749 g/mol. The molecule has 2 nitrogen and oxygen atoms in total. The summed E-state index contributed by atoms with van der Waals surface area (Å²) in [5.74, 6) is 0. The highest BCUT2D eigenvalue weighted by Gasteiger charge is 2.19. The van der Waals surface area contributed by atoms with Crippen LogP contribution < -0.4 is 0 Å². The topological polar surface area (TPSA) is 25.8 Å². The van der Waals surface area contributed by atoms with Crippen LogP contribution in [0, 0.1) is 12.1 Å². The van der Waals surface area contributed by atoms with Crippen molar-refractivity contribution >= 4 is 21.5 Å². The summed E-state index contributed by atoms with van der Waals surface area (Å²) in [6.07, 6.45) is 0. The van der Waals surface area contributed by atoms with Crippen molar-refractivity contribution in [2.45, 2.75) is 0 Å². The number of aromatic nitrogens is 2. The molecule has 0 unspecified atom stereocenters. The quantitative estimate of drug-likeness (QED) is 0.143. The lowest BCUT2D eigenvalue weighted by molar-refractivity contribution is 1.32. The van der Waals surface area contributed by atoms with Crippen LogP contribution in [0.15, 0.2) is 231 Å². The largest absolute Gasteiger partial charge is 0.248 e. The van der Waals surface area contributed by atoms with E-state index in [1.807, 2.05) is 36.4 Å². The number of fused-ring (bicyclic) bond motifs is 3. The van der Waals surface area contributed by atoms with Gasteiger partial charge in [0, 0.05) is 16.7 Å². The highest BCUT2D eigenvalue weighted by Crippen LogP contribution is 2.45. The Hall–Kier alpha value is -8.38. The van der Waals surface area contributed by atoms with Gasteiger partial charge in [-0.1, -0.05) is 206 Å². The Labute approximate surface area is 362 Å². The second-order valence-electron chi connectivity index (χ2n) is 15.6. The second-order valence-corrected chi connectivity index (χ2v) is 15.6. The van der Waals surface area contributed by atoms with E-state index in [-0.39, 0.29) is 0 Å². The van der Waals surface area contributed by atoms with Crippen LogP contribution in [0.5, 0.6) is 0 Å². The van der Waals surface area contributed by atoms with Crippen molar-refractivity contribution in [1.29, 1.82) is 0 Å². The molecule has 9 aromatic carbocycles. The lowest BCUT2D eigenvalue weighted by atomic mass is 9.84. The summed E-state index contributed by atoms with van der Waals surface area (Å²) < 4.78 is 0. The van der Waals surface area contributed by atoms with Crippen molar-refractivity contribution in [3.05, 3.63) is 243 Å². The third-order valence-electron chi connectivity index (χ3n) is 11.7. The maximum Gasteiger partial charge on any atom is 0.0799 e. The summed E-state index contributed by atoms with van der Waals surface area (Å²) in [5.41, 5.74) is 17.1. The monoisotopic (exact) mass is 786 g/mol. The van der Waals surface area contributed by atoms with Crippen molar-refractivity contribution < 1.29 is 0 Å². The summed E-state index contributed by atoms with van der Waals surface area (Å²) in [6.45, 7) is 0. The lowest BCUT2D eigenvalue weighted by Gasteiger charge is -2.19. The van der Waals surface area contributed by atoms with Crippen molar-refractivity contribution in [3.63, 3.8) is 0 Å². The number of pyridine rings is 2. The fraction of sp³-hybridized carbons (Fsp3) is 0. The Kier molecular flexibility index (Phi) is 9.46. The maximum absolute atomic E-state index is 5.13. The number of nitrogens with zero attached hydrogens (tertiary/aromatic N) is 2. The minimum Gasteiger partial charge on any atom is -0.248 e. The molecule has 0 aliphatic carbocycles. The molecule has 0 saturated heterocycles. The van der Waals surface area contributed by atoms with Gasteiger partial charge in [0.25, 0.3) is 0 Å². The Bertz CT molecular complexity index is 3000. The highest BCUT2D eigenvalue weighted by atomic mass is 14.7. The van der Waals surface area contributed by atoms with Gasteiger partial charge in [0.05, 0.1) is 28.3 Å². The summed E-state index contributed by atoms with van der Waals surface area (Å²) >= 11 is 0. The molecule has 62 heavy (non-hydrogen) atoms. The van der Waals surface area contributed by atoms with E-state index in [0.29, 0.717) is 0 Å². The molecule has 0 radical (unpaired) electrons. The first-order chi connectivity index (χ1) is 30.7. The van der Waals surface area contributed by atoms with Gasteiger partial charge in [0.1, 0.15) is 0 Å². The van der Waals surface area contributed by atoms with E-state index in [2.05, 4.69) is 206 Å². The standard InChI is InChI=1S/C60H38N2/c1-5-17-43(18-6-1)55-37-49(38-56(61-55)44-19-7-2-8-20-44)41-29-33-47(34-30-41)59-53-27-15-13-25-51(53)52-26-14-16-28-54(52)60(59)48-35-31-42(32-36-48)50-39-57(45-21-9-3-10-22-45)62-58(40-50)46-23-11-4-12-24-46/h1-11,13-23,25-40H. The Morgan fingerprint density at radius 3 is 1.02 bits per heavy atom.